The van der Waals surface area contributed by atoms with Gasteiger partial charge in [-0.25, -0.2) is 8.42 Å². The summed E-state index contributed by atoms with van der Waals surface area (Å²) in [5.74, 6) is 0.0418. The van der Waals surface area contributed by atoms with Crippen LogP contribution in [0.5, 0.6) is 5.75 Å². The Morgan fingerprint density at radius 3 is 2.56 bits per heavy atom. The lowest BCUT2D eigenvalue weighted by Gasteiger charge is -2.16. The number of sulfonamides is 1. The number of anilines is 1. The van der Waals surface area contributed by atoms with Crippen LogP contribution in [0.25, 0.3) is 0 Å². The molecule has 0 saturated heterocycles. The molecule has 25 heavy (non-hydrogen) atoms. The number of benzene rings is 2. The van der Waals surface area contributed by atoms with Crippen molar-refractivity contribution in [3.63, 3.8) is 0 Å². The number of hydrogen-bond acceptors (Lipinski definition) is 4. The summed E-state index contributed by atoms with van der Waals surface area (Å²) in [6.07, 6.45) is 1.79. The van der Waals surface area contributed by atoms with Crippen molar-refractivity contribution < 1.29 is 18.3 Å². The second-order valence-corrected chi connectivity index (χ2v) is 7.67. The van der Waals surface area contributed by atoms with Crippen molar-refractivity contribution in [2.24, 2.45) is 0 Å². The molecule has 1 atom stereocenters. The average molecular weight is 362 g/mol. The van der Waals surface area contributed by atoms with Gasteiger partial charge in [0.1, 0.15) is 5.75 Å². The summed E-state index contributed by atoms with van der Waals surface area (Å²) in [5, 5.41) is 12.6. The van der Waals surface area contributed by atoms with Crippen molar-refractivity contribution in [2.75, 3.05) is 11.0 Å². The fourth-order valence-corrected chi connectivity index (χ4v) is 3.01. The molecular formula is C18H22N2O4S. The molecule has 1 amide bonds. The van der Waals surface area contributed by atoms with Gasteiger partial charge in [-0.15, -0.1) is 0 Å². The molecule has 7 heteroatoms. The Kier molecular flexibility index (Phi) is 6.03. The van der Waals surface area contributed by atoms with Crippen molar-refractivity contribution in [3.05, 3.63) is 59.7 Å². The van der Waals surface area contributed by atoms with Crippen LogP contribution in [0.1, 0.15) is 30.5 Å². The lowest BCUT2D eigenvalue weighted by atomic mass is 10.1. The number of phenolic OH excluding ortho intramolecular Hbond substituents is 1. The molecule has 0 saturated carbocycles. The number of nitrogens with one attached hydrogen (secondary N) is 2. The van der Waals surface area contributed by atoms with Crippen molar-refractivity contribution in [1.29, 1.82) is 0 Å². The summed E-state index contributed by atoms with van der Waals surface area (Å²) in [6.45, 7) is 1.83. The van der Waals surface area contributed by atoms with Gasteiger partial charge in [-0.3, -0.25) is 9.52 Å². The van der Waals surface area contributed by atoms with E-state index < -0.39 is 10.0 Å². The number of aromatic hydroxyl groups is 1. The summed E-state index contributed by atoms with van der Waals surface area (Å²) in [6, 6.07) is 13.6. The highest BCUT2D eigenvalue weighted by Gasteiger charge is 2.12. The van der Waals surface area contributed by atoms with Gasteiger partial charge < -0.3 is 10.4 Å². The summed E-state index contributed by atoms with van der Waals surface area (Å²) in [7, 11) is -3.35. The number of carbonyl (C=O) groups is 1. The van der Waals surface area contributed by atoms with E-state index in [0.29, 0.717) is 12.1 Å². The molecule has 2 rings (SSSR count). The third kappa shape index (κ3) is 6.11. The van der Waals surface area contributed by atoms with E-state index in [1.807, 2.05) is 19.1 Å². The standard InChI is InChI=1S/C18H22N2O4S/c1-13(15-7-5-8-16(12-15)20-25(2,23)24)19-18(22)11-10-14-6-3-4-9-17(14)21/h3-9,12-13,20-21H,10-11H2,1-2H3,(H,19,22)/t13-/m1/s1. The topological polar surface area (TPSA) is 95.5 Å². The molecule has 0 radical (unpaired) electrons. The second-order valence-electron chi connectivity index (χ2n) is 5.92. The van der Waals surface area contributed by atoms with E-state index >= 15 is 0 Å². The van der Waals surface area contributed by atoms with E-state index in [0.717, 1.165) is 17.4 Å². The summed E-state index contributed by atoms with van der Waals surface area (Å²) in [4.78, 5) is 12.1. The van der Waals surface area contributed by atoms with Crippen LogP contribution >= 0.6 is 0 Å². The lowest BCUT2D eigenvalue weighted by molar-refractivity contribution is -0.121. The highest BCUT2D eigenvalue weighted by atomic mass is 32.2. The van der Waals surface area contributed by atoms with Crippen LogP contribution in [0, 0.1) is 0 Å². The van der Waals surface area contributed by atoms with Crippen LogP contribution in [0.15, 0.2) is 48.5 Å². The van der Waals surface area contributed by atoms with Gasteiger partial charge in [0.05, 0.1) is 12.3 Å². The van der Waals surface area contributed by atoms with Gasteiger partial charge in [-0.2, -0.15) is 0 Å². The second kappa shape index (κ2) is 8.02. The van der Waals surface area contributed by atoms with Crippen LogP contribution in [0.4, 0.5) is 5.69 Å². The van der Waals surface area contributed by atoms with Gasteiger partial charge in [0.15, 0.2) is 0 Å². The highest BCUT2D eigenvalue weighted by molar-refractivity contribution is 7.92. The van der Waals surface area contributed by atoms with Crippen molar-refractivity contribution >= 4 is 21.6 Å². The van der Waals surface area contributed by atoms with Crippen LogP contribution in [0.2, 0.25) is 0 Å². The zero-order valence-electron chi connectivity index (χ0n) is 14.2. The monoisotopic (exact) mass is 362 g/mol. The number of phenols is 1. The predicted molar refractivity (Wildman–Crippen MR) is 97.9 cm³/mol. The molecule has 0 aromatic heterocycles. The maximum Gasteiger partial charge on any atom is 0.229 e. The normalized spacial score (nSPS) is 12.4. The summed E-state index contributed by atoms with van der Waals surface area (Å²) >= 11 is 0. The first-order valence-corrected chi connectivity index (χ1v) is 9.78. The molecule has 6 nitrogen and oxygen atoms in total. The van der Waals surface area contributed by atoms with E-state index in [1.165, 1.54) is 0 Å². The number of aryl methyl sites for hydroxylation is 1. The van der Waals surface area contributed by atoms with Gasteiger partial charge in [0.25, 0.3) is 0 Å². The first-order valence-electron chi connectivity index (χ1n) is 7.88. The fraction of sp³-hybridized carbons (Fsp3) is 0.278. The number of carbonyl (C=O) groups excluding carboxylic acids is 1. The number of rotatable bonds is 7. The van der Waals surface area contributed by atoms with Crippen LogP contribution in [0.3, 0.4) is 0 Å². The smallest absolute Gasteiger partial charge is 0.229 e. The maximum absolute atomic E-state index is 12.1. The molecule has 0 unspecified atom stereocenters. The maximum atomic E-state index is 12.1. The molecule has 2 aromatic rings. The molecule has 134 valence electrons. The third-order valence-electron chi connectivity index (χ3n) is 3.68. The number of hydrogen-bond donors (Lipinski definition) is 3. The van der Waals surface area contributed by atoms with Crippen molar-refractivity contribution in [1.82, 2.24) is 5.32 Å². The molecule has 0 spiro atoms. The van der Waals surface area contributed by atoms with Gasteiger partial charge in [0, 0.05) is 12.1 Å². The molecule has 0 bridgehead atoms. The van der Waals surface area contributed by atoms with Gasteiger partial charge >= 0.3 is 0 Å². The van der Waals surface area contributed by atoms with Crippen LogP contribution in [-0.4, -0.2) is 25.7 Å². The van der Waals surface area contributed by atoms with E-state index in [9.17, 15) is 18.3 Å². The average Bonchev–Trinajstić information content (AvgIpc) is 2.52. The number of para-hydroxylation sites is 1. The van der Waals surface area contributed by atoms with E-state index in [1.54, 1.807) is 36.4 Å². The molecule has 0 aliphatic carbocycles. The third-order valence-corrected chi connectivity index (χ3v) is 4.29. The zero-order valence-corrected chi connectivity index (χ0v) is 15.0. The van der Waals surface area contributed by atoms with Crippen LogP contribution < -0.4 is 10.0 Å². The Hall–Kier alpha value is -2.54. The quantitative estimate of drug-likeness (QED) is 0.705. The minimum atomic E-state index is -3.35. The lowest BCUT2D eigenvalue weighted by Crippen LogP contribution is -2.26. The van der Waals surface area contributed by atoms with Gasteiger partial charge in [0.2, 0.25) is 15.9 Å². The minimum absolute atomic E-state index is 0.141. The van der Waals surface area contributed by atoms with Crippen LogP contribution in [-0.2, 0) is 21.2 Å². The molecule has 0 heterocycles. The highest BCUT2D eigenvalue weighted by Crippen LogP contribution is 2.20. The molecule has 0 fully saturated rings. The Bertz CT molecular complexity index is 850. The number of amides is 1. The van der Waals surface area contributed by atoms with E-state index in [4.69, 9.17) is 0 Å². The first kappa shape index (κ1) is 18.8. The Balaban J connectivity index is 1.95. The van der Waals surface area contributed by atoms with E-state index in [-0.39, 0.29) is 24.1 Å². The first-order chi connectivity index (χ1) is 11.7. The Morgan fingerprint density at radius 1 is 1.16 bits per heavy atom. The molecule has 3 N–H and O–H groups in total. The summed E-state index contributed by atoms with van der Waals surface area (Å²) < 4.78 is 25.0. The molecule has 0 aliphatic heterocycles. The molecule has 0 aliphatic rings. The largest absolute Gasteiger partial charge is 0.508 e. The minimum Gasteiger partial charge on any atom is -0.508 e. The van der Waals surface area contributed by atoms with Crippen molar-refractivity contribution in [3.8, 4) is 5.75 Å². The van der Waals surface area contributed by atoms with Crippen molar-refractivity contribution in [2.45, 2.75) is 25.8 Å². The Labute approximate surface area is 147 Å². The SMILES string of the molecule is C[C@@H](NC(=O)CCc1ccccc1O)c1cccc(NS(C)(=O)=O)c1. The van der Waals surface area contributed by atoms with Gasteiger partial charge in [-0.05, 0) is 42.7 Å². The molecular weight excluding hydrogens is 340 g/mol. The van der Waals surface area contributed by atoms with E-state index in [2.05, 4.69) is 10.0 Å². The summed E-state index contributed by atoms with van der Waals surface area (Å²) in [5.41, 5.74) is 1.98. The Morgan fingerprint density at radius 2 is 1.88 bits per heavy atom. The fourth-order valence-electron chi connectivity index (χ4n) is 2.45. The molecule has 2 aromatic carbocycles. The zero-order chi connectivity index (χ0) is 18.4. The van der Waals surface area contributed by atoms with Gasteiger partial charge in [-0.1, -0.05) is 30.3 Å². The predicted octanol–water partition coefficient (Wildman–Crippen LogP) is 2.57.